The molecule has 112 valence electrons. The minimum absolute atomic E-state index is 0.0216. The van der Waals surface area contributed by atoms with Crippen molar-refractivity contribution in [1.82, 2.24) is 0 Å². The second-order valence-electron chi connectivity index (χ2n) is 4.78. The molecule has 0 saturated carbocycles. The smallest absolute Gasteiger partial charge is 0.328 e. The van der Waals surface area contributed by atoms with Crippen molar-refractivity contribution in [3.63, 3.8) is 0 Å². The van der Waals surface area contributed by atoms with Gasteiger partial charge in [-0.15, -0.1) is 0 Å². The van der Waals surface area contributed by atoms with Crippen molar-refractivity contribution < 1.29 is 22.7 Å². The molecule has 0 fully saturated rings. The van der Waals surface area contributed by atoms with Gasteiger partial charge in [0, 0.05) is 17.2 Å². The summed E-state index contributed by atoms with van der Waals surface area (Å²) in [5.41, 5.74) is 1.11. The van der Waals surface area contributed by atoms with Crippen LogP contribution in [0, 0.1) is 17.5 Å². The molecule has 0 aromatic heterocycles. The van der Waals surface area contributed by atoms with Gasteiger partial charge in [-0.25, -0.2) is 13.2 Å². The minimum atomic E-state index is -0.776. The highest BCUT2D eigenvalue weighted by Crippen LogP contribution is 2.26. The Morgan fingerprint density at radius 2 is 1.68 bits per heavy atom. The number of hydrogen-bond acceptors (Lipinski definition) is 3. The van der Waals surface area contributed by atoms with Gasteiger partial charge in [0.2, 0.25) is 0 Å². The molecule has 3 nitrogen and oxygen atoms in total. The molecule has 22 heavy (non-hydrogen) atoms. The number of benzene rings is 2. The van der Waals surface area contributed by atoms with Gasteiger partial charge in [0.15, 0.2) is 0 Å². The third-order valence-electron chi connectivity index (χ3n) is 3.24. The van der Waals surface area contributed by atoms with Crippen molar-refractivity contribution in [3.8, 4) is 11.1 Å². The Labute approximate surface area is 124 Å². The summed E-state index contributed by atoms with van der Waals surface area (Å²) in [5.74, 6) is -2.62. The van der Waals surface area contributed by atoms with Gasteiger partial charge in [0.25, 0.3) is 0 Å². The first-order chi connectivity index (χ1) is 10.5. The van der Waals surface area contributed by atoms with Crippen LogP contribution in [0.3, 0.4) is 0 Å². The number of carbonyl (C=O) groups is 1. The van der Waals surface area contributed by atoms with Crippen LogP contribution in [0.1, 0.15) is 5.56 Å². The summed E-state index contributed by atoms with van der Waals surface area (Å²) in [4.78, 5) is 14.9. The van der Waals surface area contributed by atoms with Crippen molar-refractivity contribution in [2.24, 2.45) is 4.99 Å². The average molecular weight is 305 g/mol. The molecule has 0 N–H and O–H groups in total. The number of halogens is 3. The standard InChI is InChI=1S/C16H10F3NO2/c17-11-3-10(4-12(18)6-11)13-2-1-9(5-14(13)19)15-8-22-16(21)7-20-15/h1-6H,7-8H2. The molecule has 3 rings (SSSR count). The number of cyclic esters (lactones) is 1. The van der Waals surface area contributed by atoms with E-state index in [2.05, 4.69) is 4.99 Å². The molecule has 0 saturated heterocycles. The molecule has 0 atom stereocenters. The van der Waals surface area contributed by atoms with Crippen LogP contribution in [0.15, 0.2) is 41.4 Å². The maximum absolute atomic E-state index is 14.2. The van der Waals surface area contributed by atoms with Crippen LogP contribution in [0.5, 0.6) is 0 Å². The largest absolute Gasteiger partial charge is 0.458 e. The molecule has 0 unspecified atom stereocenters. The van der Waals surface area contributed by atoms with E-state index in [4.69, 9.17) is 4.74 Å². The lowest BCUT2D eigenvalue weighted by molar-refractivity contribution is -0.140. The van der Waals surface area contributed by atoms with Crippen molar-refractivity contribution in [2.45, 2.75) is 0 Å². The number of aliphatic imine (C=N–C) groups is 1. The van der Waals surface area contributed by atoms with E-state index in [1.54, 1.807) is 6.07 Å². The zero-order valence-corrected chi connectivity index (χ0v) is 11.3. The summed E-state index contributed by atoms with van der Waals surface area (Å²) in [6.07, 6.45) is 0. The van der Waals surface area contributed by atoms with Crippen molar-refractivity contribution in [3.05, 3.63) is 59.4 Å². The van der Waals surface area contributed by atoms with E-state index in [-0.39, 0.29) is 24.3 Å². The molecule has 2 aromatic rings. The van der Waals surface area contributed by atoms with E-state index in [0.717, 1.165) is 18.2 Å². The van der Waals surface area contributed by atoms with E-state index >= 15 is 0 Å². The van der Waals surface area contributed by atoms with Crippen LogP contribution in [0.25, 0.3) is 11.1 Å². The maximum Gasteiger partial charge on any atom is 0.328 e. The van der Waals surface area contributed by atoms with Crippen LogP contribution in [0.4, 0.5) is 13.2 Å². The number of rotatable bonds is 2. The van der Waals surface area contributed by atoms with Crippen LogP contribution >= 0.6 is 0 Å². The van der Waals surface area contributed by atoms with Gasteiger partial charge in [-0.3, -0.25) is 9.79 Å². The van der Waals surface area contributed by atoms with E-state index in [9.17, 15) is 18.0 Å². The highest BCUT2D eigenvalue weighted by molar-refractivity contribution is 6.04. The Bertz CT molecular complexity index is 767. The topological polar surface area (TPSA) is 38.7 Å². The fraction of sp³-hybridized carbons (Fsp3) is 0.125. The lowest BCUT2D eigenvalue weighted by Crippen LogP contribution is -2.23. The third kappa shape index (κ3) is 2.86. The van der Waals surface area contributed by atoms with Crippen LogP contribution in [-0.4, -0.2) is 24.8 Å². The summed E-state index contributed by atoms with van der Waals surface area (Å²) in [6.45, 7) is -0.125. The second kappa shape index (κ2) is 5.63. The molecule has 0 amide bonds. The molecule has 0 bridgehead atoms. The van der Waals surface area contributed by atoms with Gasteiger partial charge in [0.05, 0.1) is 5.71 Å². The Kier molecular flexibility index (Phi) is 3.66. The first-order valence-corrected chi connectivity index (χ1v) is 6.48. The number of ether oxygens (including phenoxy) is 1. The SMILES string of the molecule is O=C1CN=C(c2ccc(-c3cc(F)cc(F)c3)c(F)c2)CO1. The summed E-state index contributed by atoms with van der Waals surface area (Å²) in [7, 11) is 0. The molecule has 1 aliphatic rings. The van der Waals surface area contributed by atoms with Gasteiger partial charge < -0.3 is 4.74 Å². The average Bonchev–Trinajstić information content (AvgIpc) is 2.46. The summed E-state index contributed by atoms with van der Waals surface area (Å²) < 4.78 is 45.5. The molecule has 0 aliphatic carbocycles. The van der Waals surface area contributed by atoms with Crippen molar-refractivity contribution >= 4 is 11.7 Å². The highest BCUT2D eigenvalue weighted by Gasteiger charge is 2.16. The van der Waals surface area contributed by atoms with Crippen LogP contribution < -0.4 is 0 Å². The number of carbonyl (C=O) groups excluding carboxylic acids is 1. The number of nitrogens with zero attached hydrogens (tertiary/aromatic N) is 1. The molecule has 6 heteroatoms. The lowest BCUT2D eigenvalue weighted by Gasteiger charge is -2.13. The summed E-state index contributed by atoms with van der Waals surface area (Å²) in [5, 5.41) is 0. The van der Waals surface area contributed by atoms with E-state index < -0.39 is 23.4 Å². The number of esters is 1. The predicted octanol–water partition coefficient (Wildman–Crippen LogP) is 3.12. The van der Waals surface area contributed by atoms with Gasteiger partial charge in [0.1, 0.15) is 30.6 Å². The summed E-state index contributed by atoms with van der Waals surface area (Å²) in [6, 6.07) is 7.02. The number of hydrogen-bond donors (Lipinski definition) is 0. The van der Waals surface area contributed by atoms with Gasteiger partial charge in [-0.2, -0.15) is 0 Å². The van der Waals surface area contributed by atoms with Gasteiger partial charge in [-0.05, 0) is 23.8 Å². The molecule has 0 radical (unpaired) electrons. The van der Waals surface area contributed by atoms with Crippen LogP contribution in [0.2, 0.25) is 0 Å². The van der Waals surface area contributed by atoms with Gasteiger partial charge in [-0.1, -0.05) is 12.1 Å². The second-order valence-corrected chi connectivity index (χ2v) is 4.78. The normalized spacial score (nSPS) is 14.5. The first kappa shape index (κ1) is 14.3. The monoisotopic (exact) mass is 305 g/mol. The Morgan fingerprint density at radius 1 is 0.955 bits per heavy atom. The minimum Gasteiger partial charge on any atom is -0.458 e. The van der Waals surface area contributed by atoms with E-state index in [1.165, 1.54) is 12.1 Å². The molecule has 0 spiro atoms. The molecular formula is C16H10F3NO2. The van der Waals surface area contributed by atoms with E-state index in [0.29, 0.717) is 11.3 Å². The van der Waals surface area contributed by atoms with Crippen molar-refractivity contribution in [2.75, 3.05) is 13.2 Å². The molecule has 2 aromatic carbocycles. The van der Waals surface area contributed by atoms with E-state index in [1.807, 2.05) is 0 Å². The zero-order valence-electron chi connectivity index (χ0n) is 11.3. The van der Waals surface area contributed by atoms with Crippen molar-refractivity contribution in [1.29, 1.82) is 0 Å². The van der Waals surface area contributed by atoms with Crippen LogP contribution in [-0.2, 0) is 9.53 Å². The summed E-state index contributed by atoms with van der Waals surface area (Å²) >= 11 is 0. The fourth-order valence-corrected chi connectivity index (χ4v) is 2.21. The zero-order chi connectivity index (χ0) is 15.7. The molecule has 1 aliphatic heterocycles. The third-order valence-corrected chi connectivity index (χ3v) is 3.24. The molecular weight excluding hydrogens is 295 g/mol. The maximum atomic E-state index is 14.2. The Morgan fingerprint density at radius 3 is 2.27 bits per heavy atom. The lowest BCUT2D eigenvalue weighted by atomic mass is 10.0. The van der Waals surface area contributed by atoms with Gasteiger partial charge >= 0.3 is 5.97 Å². The predicted molar refractivity (Wildman–Crippen MR) is 74.1 cm³/mol. The molecule has 1 heterocycles. The highest BCUT2D eigenvalue weighted by atomic mass is 19.1. The Balaban J connectivity index is 1.97. The fourth-order valence-electron chi connectivity index (χ4n) is 2.21. The first-order valence-electron chi connectivity index (χ1n) is 6.48. The quantitative estimate of drug-likeness (QED) is 0.800. The Hall–Kier alpha value is -2.63.